The van der Waals surface area contributed by atoms with Crippen molar-refractivity contribution in [3.8, 4) is 0 Å². The van der Waals surface area contributed by atoms with Gasteiger partial charge < -0.3 is 15.3 Å². The SMILES string of the molecule is CCC(=O)N1CSCC1C(=O)Nc1ccc(C(=O)O)cc1. The van der Waals surface area contributed by atoms with Gasteiger partial charge in [-0.3, -0.25) is 9.59 Å². The van der Waals surface area contributed by atoms with Crippen molar-refractivity contribution in [2.24, 2.45) is 0 Å². The van der Waals surface area contributed by atoms with E-state index in [9.17, 15) is 14.4 Å². The van der Waals surface area contributed by atoms with Crippen molar-refractivity contribution in [2.75, 3.05) is 16.9 Å². The summed E-state index contributed by atoms with van der Waals surface area (Å²) in [6.07, 6.45) is 0.373. The molecule has 21 heavy (non-hydrogen) atoms. The fourth-order valence-electron chi connectivity index (χ4n) is 2.03. The molecule has 1 aliphatic heterocycles. The van der Waals surface area contributed by atoms with Gasteiger partial charge in [0.15, 0.2) is 0 Å². The quantitative estimate of drug-likeness (QED) is 0.883. The summed E-state index contributed by atoms with van der Waals surface area (Å²) in [6, 6.07) is 5.46. The van der Waals surface area contributed by atoms with Gasteiger partial charge in [-0.2, -0.15) is 0 Å². The average Bonchev–Trinajstić information content (AvgIpc) is 2.96. The van der Waals surface area contributed by atoms with E-state index in [4.69, 9.17) is 5.11 Å². The number of nitrogens with zero attached hydrogens (tertiary/aromatic N) is 1. The lowest BCUT2D eigenvalue weighted by Crippen LogP contribution is -2.44. The second-order valence-electron chi connectivity index (χ2n) is 4.60. The average molecular weight is 308 g/mol. The summed E-state index contributed by atoms with van der Waals surface area (Å²) >= 11 is 1.55. The van der Waals surface area contributed by atoms with Crippen LogP contribution in [0.5, 0.6) is 0 Å². The summed E-state index contributed by atoms with van der Waals surface area (Å²) in [5.41, 5.74) is 0.679. The standard InChI is InChI=1S/C14H16N2O4S/c1-2-12(17)16-8-21-7-11(16)13(18)15-10-5-3-9(4-6-10)14(19)20/h3-6,11H,2,7-8H2,1H3,(H,15,18)(H,19,20). The minimum absolute atomic E-state index is 0.0404. The highest BCUT2D eigenvalue weighted by Crippen LogP contribution is 2.23. The third-order valence-electron chi connectivity index (χ3n) is 3.21. The number of aromatic carboxylic acids is 1. The lowest BCUT2D eigenvalue weighted by molar-refractivity contribution is -0.135. The molecule has 0 aromatic heterocycles. The number of anilines is 1. The molecule has 1 aromatic rings. The number of carbonyl (C=O) groups excluding carboxylic acids is 2. The second-order valence-corrected chi connectivity index (χ2v) is 5.60. The van der Waals surface area contributed by atoms with Gasteiger partial charge in [-0.05, 0) is 24.3 Å². The number of hydrogen-bond acceptors (Lipinski definition) is 4. The predicted molar refractivity (Wildman–Crippen MR) is 80.3 cm³/mol. The molecule has 0 bridgehead atoms. The molecule has 1 fully saturated rings. The summed E-state index contributed by atoms with van der Waals surface area (Å²) < 4.78 is 0. The maximum absolute atomic E-state index is 12.2. The molecule has 0 radical (unpaired) electrons. The van der Waals surface area contributed by atoms with E-state index >= 15 is 0 Å². The maximum Gasteiger partial charge on any atom is 0.335 e. The molecule has 0 spiro atoms. The molecular formula is C14H16N2O4S. The van der Waals surface area contributed by atoms with Crippen molar-refractivity contribution < 1.29 is 19.5 Å². The van der Waals surface area contributed by atoms with E-state index in [0.717, 1.165) is 0 Å². The van der Waals surface area contributed by atoms with Gasteiger partial charge >= 0.3 is 5.97 Å². The molecular weight excluding hydrogens is 292 g/mol. The van der Waals surface area contributed by atoms with Gasteiger partial charge in [0.2, 0.25) is 11.8 Å². The lowest BCUT2D eigenvalue weighted by Gasteiger charge is -2.22. The zero-order valence-electron chi connectivity index (χ0n) is 11.5. The first kappa shape index (κ1) is 15.4. The predicted octanol–water partition coefficient (Wildman–Crippen LogP) is 1.63. The molecule has 112 valence electrons. The Morgan fingerprint density at radius 2 is 2.00 bits per heavy atom. The Balaban J connectivity index is 2.03. The molecule has 2 amide bonds. The molecule has 1 saturated heterocycles. The van der Waals surface area contributed by atoms with E-state index in [1.54, 1.807) is 23.6 Å². The van der Waals surface area contributed by atoms with E-state index in [0.29, 0.717) is 23.7 Å². The van der Waals surface area contributed by atoms with Crippen LogP contribution < -0.4 is 5.32 Å². The van der Waals surface area contributed by atoms with E-state index in [1.807, 2.05) is 0 Å². The van der Waals surface area contributed by atoms with Crippen LogP contribution in [0.1, 0.15) is 23.7 Å². The van der Waals surface area contributed by atoms with Crippen molar-refractivity contribution in [1.29, 1.82) is 0 Å². The second kappa shape index (κ2) is 6.62. The zero-order valence-corrected chi connectivity index (χ0v) is 12.4. The van der Waals surface area contributed by atoms with Gasteiger partial charge in [-0.1, -0.05) is 6.92 Å². The van der Waals surface area contributed by atoms with Crippen LogP contribution in [0, 0.1) is 0 Å². The van der Waals surface area contributed by atoms with Crippen molar-refractivity contribution >= 4 is 35.2 Å². The molecule has 6 nitrogen and oxygen atoms in total. The van der Waals surface area contributed by atoms with Gasteiger partial charge in [0, 0.05) is 17.9 Å². The number of carbonyl (C=O) groups is 3. The third kappa shape index (κ3) is 3.55. The number of carboxylic acid groups (broad SMARTS) is 1. The van der Waals surface area contributed by atoms with Crippen LogP contribution in [-0.4, -0.2) is 45.5 Å². The summed E-state index contributed by atoms with van der Waals surface area (Å²) in [5.74, 6) is -0.195. The van der Waals surface area contributed by atoms with Crippen molar-refractivity contribution in [2.45, 2.75) is 19.4 Å². The van der Waals surface area contributed by atoms with Gasteiger partial charge in [-0.25, -0.2) is 4.79 Å². The number of hydrogen-bond donors (Lipinski definition) is 2. The summed E-state index contributed by atoms with van der Waals surface area (Å²) in [6.45, 7) is 1.77. The molecule has 0 saturated carbocycles. The van der Waals surface area contributed by atoms with E-state index in [1.165, 1.54) is 24.3 Å². The van der Waals surface area contributed by atoms with Crippen LogP contribution in [0.15, 0.2) is 24.3 Å². The number of benzene rings is 1. The number of nitrogens with one attached hydrogen (secondary N) is 1. The molecule has 1 unspecified atom stereocenters. The molecule has 2 N–H and O–H groups in total. The van der Waals surface area contributed by atoms with E-state index < -0.39 is 12.0 Å². The highest BCUT2D eigenvalue weighted by atomic mass is 32.2. The first-order valence-corrected chi connectivity index (χ1v) is 7.70. The first-order valence-electron chi connectivity index (χ1n) is 6.54. The van der Waals surface area contributed by atoms with Crippen LogP contribution in [0.4, 0.5) is 5.69 Å². The van der Waals surface area contributed by atoms with Crippen LogP contribution in [-0.2, 0) is 9.59 Å². The Bertz CT molecular complexity index is 559. The minimum atomic E-state index is -1.01. The maximum atomic E-state index is 12.2. The van der Waals surface area contributed by atoms with Crippen molar-refractivity contribution in [3.63, 3.8) is 0 Å². The fourth-order valence-corrected chi connectivity index (χ4v) is 3.21. The summed E-state index contributed by atoms with van der Waals surface area (Å²) in [7, 11) is 0. The van der Waals surface area contributed by atoms with Crippen LogP contribution in [0.2, 0.25) is 0 Å². The first-order chi connectivity index (χ1) is 10.0. The Hall–Kier alpha value is -2.02. The molecule has 1 aromatic carbocycles. The molecule has 1 heterocycles. The fraction of sp³-hybridized carbons (Fsp3) is 0.357. The topological polar surface area (TPSA) is 86.7 Å². The number of carboxylic acids is 1. The number of thioether (sulfide) groups is 1. The Kier molecular flexibility index (Phi) is 4.85. The van der Waals surface area contributed by atoms with Crippen LogP contribution >= 0.6 is 11.8 Å². The minimum Gasteiger partial charge on any atom is -0.478 e. The Labute approximate surface area is 126 Å². The molecule has 2 rings (SSSR count). The number of rotatable bonds is 4. The third-order valence-corrected chi connectivity index (χ3v) is 4.22. The van der Waals surface area contributed by atoms with Gasteiger partial charge in [-0.15, -0.1) is 11.8 Å². The van der Waals surface area contributed by atoms with E-state index in [-0.39, 0.29) is 17.4 Å². The highest BCUT2D eigenvalue weighted by Gasteiger charge is 2.33. The summed E-state index contributed by atoms with van der Waals surface area (Å²) in [5, 5.41) is 11.5. The van der Waals surface area contributed by atoms with Gasteiger partial charge in [0.05, 0.1) is 11.4 Å². The monoisotopic (exact) mass is 308 g/mol. The van der Waals surface area contributed by atoms with Gasteiger partial charge in [0.1, 0.15) is 6.04 Å². The van der Waals surface area contributed by atoms with E-state index in [2.05, 4.69) is 5.32 Å². The van der Waals surface area contributed by atoms with Crippen molar-refractivity contribution in [1.82, 2.24) is 4.90 Å². The van der Waals surface area contributed by atoms with Crippen LogP contribution in [0.25, 0.3) is 0 Å². The molecule has 1 aliphatic rings. The Morgan fingerprint density at radius 1 is 1.33 bits per heavy atom. The molecule has 7 heteroatoms. The molecule has 0 aliphatic carbocycles. The Morgan fingerprint density at radius 3 is 2.57 bits per heavy atom. The number of amides is 2. The van der Waals surface area contributed by atoms with Crippen LogP contribution in [0.3, 0.4) is 0 Å². The molecule has 1 atom stereocenters. The van der Waals surface area contributed by atoms with Gasteiger partial charge in [0.25, 0.3) is 0 Å². The smallest absolute Gasteiger partial charge is 0.335 e. The lowest BCUT2D eigenvalue weighted by atomic mass is 10.2. The summed E-state index contributed by atoms with van der Waals surface area (Å²) in [4.78, 5) is 36.3. The largest absolute Gasteiger partial charge is 0.478 e. The zero-order chi connectivity index (χ0) is 15.4. The normalized spacial score (nSPS) is 17.6. The highest BCUT2D eigenvalue weighted by molar-refractivity contribution is 7.99. The van der Waals surface area contributed by atoms with Crippen molar-refractivity contribution in [3.05, 3.63) is 29.8 Å².